The smallest absolute Gasteiger partial charge is 0.182 e. The predicted molar refractivity (Wildman–Crippen MR) is 91.1 cm³/mol. The topological polar surface area (TPSA) is 50.7 Å². The van der Waals surface area contributed by atoms with E-state index in [1.807, 2.05) is 6.92 Å². The highest BCUT2D eigenvalue weighted by Gasteiger charge is 2.15. The maximum Gasteiger partial charge on any atom is 0.182 e. The molecule has 0 aliphatic carbocycles. The summed E-state index contributed by atoms with van der Waals surface area (Å²) in [7, 11) is 0. The highest BCUT2D eigenvalue weighted by Crippen LogP contribution is 2.27. The summed E-state index contributed by atoms with van der Waals surface area (Å²) < 4.78 is 1.07. The Morgan fingerprint density at radius 1 is 1.30 bits per heavy atom. The van der Waals surface area contributed by atoms with E-state index in [1.54, 1.807) is 18.3 Å². The summed E-state index contributed by atoms with van der Waals surface area (Å²) in [5, 5.41) is 3.84. The molecule has 0 fully saturated rings. The minimum absolute atomic E-state index is 0.568. The van der Waals surface area contributed by atoms with Crippen molar-refractivity contribution in [3.63, 3.8) is 0 Å². The third-order valence-electron chi connectivity index (χ3n) is 2.72. The second-order valence-corrected chi connectivity index (χ2v) is 5.76. The summed E-state index contributed by atoms with van der Waals surface area (Å²) in [6.45, 7) is 5.00. The fraction of sp³-hybridized carbons (Fsp3) is 0.357. The minimum Gasteiger partial charge on any atom is -0.369 e. The lowest BCUT2D eigenvalue weighted by atomic mass is 10.2. The van der Waals surface area contributed by atoms with Gasteiger partial charge in [-0.1, -0.05) is 24.9 Å². The Morgan fingerprint density at radius 3 is 2.75 bits per heavy atom. The van der Waals surface area contributed by atoms with Crippen LogP contribution in [0.5, 0.6) is 0 Å². The number of hydrogen-bond acceptors (Lipinski definition) is 4. The lowest BCUT2D eigenvalue weighted by molar-refractivity contribution is 0.865. The van der Waals surface area contributed by atoms with E-state index in [1.165, 1.54) is 0 Å². The first-order valence-electron chi connectivity index (χ1n) is 6.58. The highest BCUT2D eigenvalue weighted by atomic mass is 127. The van der Waals surface area contributed by atoms with Crippen LogP contribution in [0.1, 0.15) is 26.0 Å². The summed E-state index contributed by atoms with van der Waals surface area (Å²) in [5.74, 6) is 1.43. The highest BCUT2D eigenvalue weighted by molar-refractivity contribution is 14.1. The molecular weight excluding hydrogens is 387 g/mol. The Balaban J connectivity index is 2.56. The molecule has 0 unspecified atom stereocenters. The van der Waals surface area contributed by atoms with Crippen LogP contribution in [-0.4, -0.2) is 21.5 Å². The molecule has 0 radical (unpaired) electrons. The number of aromatic nitrogens is 3. The summed E-state index contributed by atoms with van der Waals surface area (Å²) in [6, 6.07) is 3.61. The van der Waals surface area contributed by atoms with Crippen molar-refractivity contribution in [1.29, 1.82) is 0 Å². The molecule has 0 aromatic carbocycles. The molecule has 1 N–H and O–H groups in total. The molecule has 0 atom stereocenters. The third-order valence-corrected chi connectivity index (χ3v) is 4.16. The Kier molecular flexibility index (Phi) is 5.54. The number of anilines is 1. The van der Waals surface area contributed by atoms with Gasteiger partial charge in [0, 0.05) is 12.7 Å². The van der Waals surface area contributed by atoms with Crippen LogP contribution in [0, 0.1) is 3.57 Å². The van der Waals surface area contributed by atoms with Crippen molar-refractivity contribution in [1.82, 2.24) is 15.0 Å². The van der Waals surface area contributed by atoms with Gasteiger partial charge in [0.1, 0.15) is 11.5 Å². The molecule has 20 heavy (non-hydrogen) atoms. The zero-order valence-electron chi connectivity index (χ0n) is 11.5. The normalized spacial score (nSPS) is 10.6. The van der Waals surface area contributed by atoms with E-state index < -0.39 is 0 Å². The molecule has 0 aliphatic heterocycles. The number of aryl methyl sites for hydroxylation is 1. The van der Waals surface area contributed by atoms with Crippen LogP contribution in [0.3, 0.4) is 0 Å². The summed E-state index contributed by atoms with van der Waals surface area (Å²) >= 11 is 8.48. The monoisotopic (exact) mass is 402 g/mol. The largest absolute Gasteiger partial charge is 0.369 e. The van der Waals surface area contributed by atoms with E-state index in [-0.39, 0.29) is 0 Å². The van der Waals surface area contributed by atoms with E-state index >= 15 is 0 Å². The van der Waals surface area contributed by atoms with Crippen molar-refractivity contribution >= 4 is 40.0 Å². The van der Waals surface area contributed by atoms with Gasteiger partial charge in [0.25, 0.3) is 0 Å². The summed E-state index contributed by atoms with van der Waals surface area (Å²) in [5.41, 5.74) is 1.66. The SMILES string of the molecule is CCCc1nc(-c2ncccc2Cl)nc(NCC)c1I. The zero-order valence-corrected chi connectivity index (χ0v) is 14.4. The van der Waals surface area contributed by atoms with Gasteiger partial charge in [-0.25, -0.2) is 9.97 Å². The first kappa shape index (κ1) is 15.4. The number of nitrogens with one attached hydrogen (secondary N) is 1. The zero-order chi connectivity index (χ0) is 14.5. The lowest BCUT2D eigenvalue weighted by Crippen LogP contribution is -2.08. The number of rotatable bonds is 5. The standard InChI is InChI=1S/C14H16ClIN4/c1-3-6-10-11(16)13(17-4-2)20-14(19-10)12-9(15)7-5-8-18-12/h5,7-8H,3-4,6H2,1-2H3,(H,17,19,20). The van der Waals surface area contributed by atoms with Crippen molar-refractivity contribution in [3.05, 3.63) is 32.6 Å². The van der Waals surface area contributed by atoms with Crippen molar-refractivity contribution in [2.75, 3.05) is 11.9 Å². The minimum atomic E-state index is 0.568. The van der Waals surface area contributed by atoms with Gasteiger partial charge in [0.2, 0.25) is 0 Å². The van der Waals surface area contributed by atoms with Crippen LogP contribution >= 0.6 is 34.2 Å². The number of hydrogen-bond donors (Lipinski definition) is 1. The van der Waals surface area contributed by atoms with E-state index in [0.29, 0.717) is 16.5 Å². The fourth-order valence-electron chi connectivity index (χ4n) is 1.84. The van der Waals surface area contributed by atoms with Gasteiger partial charge in [-0.05, 0) is 48.1 Å². The first-order chi connectivity index (χ1) is 9.67. The van der Waals surface area contributed by atoms with Gasteiger partial charge in [-0.2, -0.15) is 0 Å². The number of nitrogens with zero attached hydrogens (tertiary/aromatic N) is 3. The fourth-order valence-corrected chi connectivity index (χ4v) is 2.74. The molecule has 0 saturated heterocycles. The molecule has 2 heterocycles. The van der Waals surface area contributed by atoms with Crippen molar-refractivity contribution in [3.8, 4) is 11.5 Å². The van der Waals surface area contributed by atoms with Crippen LogP contribution in [0.2, 0.25) is 5.02 Å². The molecule has 2 aromatic heterocycles. The van der Waals surface area contributed by atoms with E-state index in [2.05, 4.69) is 49.8 Å². The van der Waals surface area contributed by atoms with Crippen molar-refractivity contribution in [2.45, 2.75) is 26.7 Å². The maximum atomic E-state index is 6.19. The van der Waals surface area contributed by atoms with Gasteiger partial charge in [0.15, 0.2) is 5.82 Å². The maximum absolute atomic E-state index is 6.19. The van der Waals surface area contributed by atoms with E-state index in [9.17, 15) is 0 Å². The van der Waals surface area contributed by atoms with Gasteiger partial charge < -0.3 is 5.32 Å². The van der Waals surface area contributed by atoms with Crippen LogP contribution in [0.25, 0.3) is 11.5 Å². The van der Waals surface area contributed by atoms with Crippen LogP contribution in [0.15, 0.2) is 18.3 Å². The summed E-state index contributed by atoms with van der Waals surface area (Å²) in [6.07, 6.45) is 3.65. The van der Waals surface area contributed by atoms with Gasteiger partial charge in [-0.15, -0.1) is 0 Å². The second-order valence-electron chi connectivity index (χ2n) is 4.27. The van der Waals surface area contributed by atoms with Crippen molar-refractivity contribution < 1.29 is 0 Å². The molecule has 4 nitrogen and oxygen atoms in total. The lowest BCUT2D eigenvalue weighted by Gasteiger charge is -2.12. The molecule has 2 rings (SSSR count). The molecule has 2 aromatic rings. The Labute approximate surface area is 137 Å². The molecule has 0 aliphatic rings. The Morgan fingerprint density at radius 2 is 2.10 bits per heavy atom. The summed E-state index contributed by atoms with van der Waals surface area (Å²) in [4.78, 5) is 13.5. The molecule has 0 bridgehead atoms. The average molecular weight is 403 g/mol. The molecule has 106 valence electrons. The van der Waals surface area contributed by atoms with Crippen molar-refractivity contribution in [2.24, 2.45) is 0 Å². The first-order valence-corrected chi connectivity index (χ1v) is 8.04. The predicted octanol–water partition coefficient (Wildman–Crippen LogP) is 4.18. The molecule has 0 saturated carbocycles. The quantitative estimate of drug-likeness (QED) is 0.762. The molecule has 0 spiro atoms. The number of pyridine rings is 1. The van der Waals surface area contributed by atoms with Gasteiger partial charge >= 0.3 is 0 Å². The Bertz CT molecular complexity index is 576. The van der Waals surface area contributed by atoms with Crippen LogP contribution in [0.4, 0.5) is 5.82 Å². The van der Waals surface area contributed by atoms with E-state index in [0.717, 1.165) is 34.5 Å². The molecule has 0 amide bonds. The third kappa shape index (κ3) is 3.38. The van der Waals surface area contributed by atoms with Gasteiger partial charge in [0.05, 0.1) is 14.3 Å². The van der Waals surface area contributed by atoms with Crippen LogP contribution < -0.4 is 5.32 Å². The number of halogens is 2. The average Bonchev–Trinajstić information content (AvgIpc) is 2.44. The molecule has 6 heteroatoms. The van der Waals surface area contributed by atoms with Gasteiger partial charge in [-0.3, -0.25) is 4.98 Å². The molecular formula is C14H16ClIN4. The second kappa shape index (κ2) is 7.17. The van der Waals surface area contributed by atoms with E-state index in [4.69, 9.17) is 11.6 Å². The Hall–Kier alpha value is -0.950. The van der Waals surface area contributed by atoms with Crippen LogP contribution in [-0.2, 0) is 6.42 Å².